The minimum Gasteiger partial charge on any atom is -0.507 e. The summed E-state index contributed by atoms with van der Waals surface area (Å²) in [5.41, 5.74) is 4.72. The van der Waals surface area contributed by atoms with Crippen molar-refractivity contribution in [3.8, 4) is 5.75 Å². The molecule has 1 aliphatic rings. The third kappa shape index (κ3) is 4.35. The number of hydrogen-bond donors (Lipinski definition) is 1. The van der Waals surface area contributed by atoms with Crippen LogP contribution in [0.3, 0.4) is 0 Å². The van der Waals surface area contributed by atoms with Gasteiger partial charge in [-0.15, -0.1) is 0 Å². The van der Waals surface area contributed by atoms with Crippen molar-refractivity contribution in [1.82, 2.24) is 0 Å². The zero-order chi connectivity index (χ0) is 26.1. The third-order valence-electron chi connectivity index (χ3n) is 6.70. The number of aryl methyl sites for hydroxylation is 1. The number of aliphatic hydroxyl groups excluding tert-OH is 1. The molecule has 1 aliphatic heterocycles. The number of carbonyl (C=O) groups excluding carboxylic acids is 2. The molecule has 1 atom stereocenters. The van der Waals surface area contributed by atoms with Gasteiger partial charge in [0.25, 0.3) is 11.7 Å². The van der Waals surface area contributed by atoms with Gasteiger partial charge in [-0.3, -0.25) is 14.5 Å². The van der Waals surface area contributed by atoms with Crippen LogP contribution in [-0.4, -0.2) is 38.0 Å². The Labute approximate surface area is 212 Å². The first-order valence-corrected chi connectivity index (χ1v) is 12.0. The number of Topliss-reactive ketones (excluding diaryl/α,β-unsaturated/α-hetero) is 1. The fourth-order valence-corrected chi connectivity index (χ4v) is 4.69. The van der Waals surface area contributed by atoms with Crippen molar-refractivity contribution in [1.29, 1.82) is 0 Å². The number of methoxy groups -OCH3 is 1. The van der Waals surface area contributed by atoms with E-state index in [0.717, 1.165) is 22.4 Å². The Kier molecular flexibility index (Phi) is 6.88. The predicted octanol–water partition coefficient (Wildman–Crippen LogP) is 5.82. The van der Waals surface area contributed by atoms with E-state index >= 15 is 0 Å². The summed E-state index contributed by atoms with van der Waals surface area (Å²) < 4.78 is 5.48. The molecule has 1 heterocycles. The molecule has 4 rings (SSSR count). The number of benzene rings is 3. The largest absolute Gasteiger partial charge is 0.507 e. The lowest BCUT2D eigenvalue weighted by Crippen LogP contribution is -2.29. The average Bonchev–Trinajstić information content (AvgIpc) is 3.13. The highest BCUT2D eigenvalue weighted by Crippen LogP contribution is 2.44. The maximum atomic E-state index is 13.5. The summed E-state index contributed by atoms with van der Waals surface area (Å²) in [5, 5.41) is 11.5. The lowest BCUT2D eigenvalue weighted by Gasteiger charge is -2.27. The summed E-state index contributed by atoms with van der Waals surface area (Å²) in [4.78, 5) is 30.4. The highest BCUT2D eigenvalue weighted by atomic mass is 16.5. The van der Waals surface area contributed by atoms with Gasteiger partial charge in [0.05, 0.1) is 18.7 Å². The number of ketones is 1. The van der Waals surface area contributed by atoms with Crippen LogP contribution in [0.2, 0.25) is 0 Å². The Morgan fingerprint density at radius 3 is 2.25 bits per heavy atom. The summed E-state index contributed by atoms with van der Waals surface area (Å²) in [6, 6.07) is 19.7. The zero-order valence-electron chi connectivity index (χ0n) is 21.6. The molecule has 1 saturated heterocycles. The molecule has 36 heavy (non-hydrogen) atoms. The van der Waals surface area contributed by atoms with Crippen LogP contribution in [0.1, 0.15) is 48.1 Å². The van der Waals surface area contributed by atoms with E-state index in [9.17, 15) is 14.7 Å². The molecule has 1 unspecified atom stereocenters. The van der Waals surface area contributed by atoms with Gasteiger partial charge in [0.1, 0.15) is 11.5 Å². The van der Waals surface area contributed by atoms with Crippen LogP contribution in [0, 0.1) is 6.92 Å². The number of hydrogen-bond acceptors (Lipinski definition) is 5. The molecule has 6 nitrogen and oxygen atoms in total. The summed E-state index contributed by atoms with van der Waals surface area (Å²) >= 11 is 0. The highest BCUT2D eigenvalue weighted by Gasteiger charge is 2.47. The number of aliphatic hydroxyl groups is 1. The average molecular weight is 485 g/mol. The van der Waals surface area contributed by atoms with Crippen LogP contribution >= 0.6 is 0 Å². The van der Waals surface area contributed by atoms with E-state index in [1.165, 1.54) is 4.90 Å². The number of amides is 1. The van der Waals surface area contributed by atoms with Crippen LogP contribution in [0.4, 0.5) is 11.4 Å². The van der Waals surface area contributed by atoms with Gasteiger partial charge in [-0.1, -0.05) is 38.1 Å². The van der Waals surface area contributed by atoms with Gasteiger partial charge in [0.2, 0.25) is 0 Å². The first-order valence-electron chi connectivity index (χ1n) is 12.0. The Hall–Kier alpha value is -4.06. The van der Waals surface area contributed by atoms with Crippen molar-refractivity contribution in [3.05, 3.63) is 94.6 Å². The number of carbonyl (C=O) groups is 2. The lowest BCUT2D eigenvalue weighted by molar-refractivity contribution is -0.132. The predicted molar refractivity (Wildman–Crippen MR) is 144 cm³/mol. The van der Waals surface area contributed by atoms with E-state index in [1.807, 2.05) is 94.4 Å². The van der Waals surface area contributed by atoms with Crippen molar-refractivity contribution in [2.24, 2.45) is 0 Å². The molecule has 6 heteroatoms. The number of nitrogens with zero attached hydrogens (tertiary/aromatic N) is 2. The molecular formula is C30H32N2O4. The fraction of sp³-hybridized carbons (Fsp3) is 0.267. The Balaban J connectivity index is 1.94. The van der Waals surface area contributed by atoms with Crippen molar-refractivity contribution < 1.29 is 19.4 Å². The van der Waals surface area contributed by atoms with E-state index in [1.54, 1.807) is 19.2 Å². The van der Waals surface area contributed by atoms with E-state index in [2.05, 4.69) is 0 Å². The van der Waals surface area contributed by atoms with Gasteiger partial charge in [0.15, 0.2) is 0 Å². The summed E-state index contributed by atoms with van der Waals surface area (Å²) in [6.07, 6.45) is 0. The van der Waals surface area contributed by atoms with Crippen molar-refractivity contribution in [2.45, 2.75) is 32.7 Å². The quantitative estimate of drug-likeness (QED) is 0.271. The molecule has 0 aromatic heterocycles. The van der Waals surface area contributed by atoms with E-state index in [0.29, 0.717) is 17.0 Å². The Bertz CT molecular complexity index is 1340. The molecule has 1 fully saturated rings. The number of anilines is 2. The topological polar surface area (TPSA) is 70.1 Å². The third-order valence-corrected chi connectivity index (χ3v) is 6.70. The Morgan fingerprint density at radius 1 is 1.00 bits per heavy atom. The van der Waals surface area contributed by atoms with Gasteiger partial charge in [-0.05, 0) is 72.0 Å². The van der Waals surface area contributed by atoms with Crippen LogP contribution in [-0.2, 0) is 9.59 Å². The molecule has 3 aromatic carbocycles. The van der Waals surface area contributed by atoms with Crippen molar-refractivity contribution in [3.63, 3.8) is 0 Å². The fourth-order valence-electron chi connectivity index (χ4n) is 4.69. The molecule has 1 N–H and O–H groups in total. The van der Waals surface area contributed by atoms with Gasteiger partial charge < -0.3 is 14.7 Å². The molecular weight excluding hydrogens is 452 g/mol. The second-order valence-electron chi connectivity index (χ2n) is 9.55. The first kappa shape index (κ1) is 25.0. The maximum absolute atomic E-state index is 13.5. The normalized spacial score (nSPS) is 17.1. The van der Waals surface area contributed by atoms with Crippen LogP contribution in [0.5, 0.6) is 5.75 Å². The summed E-state index contributed by atoms with van der Waals surface area (Å²) in [6.45, 7) is 6.01. The van der Waals surface area contributed by atoms with Crippen LogP contribution in [0.15, 0.2) is 72.3 Å². The zero-order valence-corrected chi connectivity index (χ0v) is 21.6. The van der Waals surface area contributed by atoms with Gasteiger partial charge in [-0.2, -0.15) is 0 Å². The lowest BCUT2D eigenvalue weighted by atomic mass is 9.91. The smallest absolute Gasteiger partial charge is 0.300 e. The second kappa shape index (κ2) is 9.90. The molecule has 0 saturated carbocycles. The van der Waals surface area contributed by atoms with E-state index < -0.39 is 17.7 Å². The first-order chi connectivity index (χ1) is 17.1. The van der Waals surface area contributed by atoms with E-state index in [4.69, 9.17) is 4.74 Å². The molecule has 186 valence electrons. The Morgan fingerprint density at radius 2 is 1.67 bits per heavy atom. The maximum Gasteiger partial charge on any atom is 0.300 e. The van der Waals surface area contributed by atoms with Crippen molar-refractivity contribution in [2.75, 3.05) is 31.0 Å². The molecule has 0 aliphatic carbocycles. The highest BCUT2D eigenvalue weighted by molar-refractivity contribution is 6.51. The van der Waals surface area contributed by atoms with Crippen molar-refractivity contribution >= 4 is 28.8 Å². The monoisotopic (exact) mass is 484 g/mol. The van der Waals surface area contributed by atoms with Gasteiger partial charge in [-0.25, -0.2) is 0 Å². The molecule has 0 radical (unpaired) electrons. The standard InChI is InChI=1S/C30H32N2O4/c1-18(2)24-17-20(11-16-25(24)36-6)28(33)26-27(23-10-8-7-9-19(23)3)32(30(35)29(26)34)22-14-12-21(13-15-22)31(4)5/h7-18,27,33H,1-6H3/b28-26+. The minimum atomic E-state index is -0.763. The molecule has 1 amide bonds. The summed E-state index contributed by atoms with van der Waals surface area (Å²) in [7, 11) is 5.48. The van der Waals surface area contributed by atoms with Gasteiger partial charge >= 0.3 is 0 Å². The van der Waals surface area contributed by atoms with Crippen LogP contribution < -0.4 is 14.5 Å². The number of rotatable bonds is 6. The number of ether oxygens (including phenoxy) is 1. The minimum absolute atomic E-state index is 0.0749. The van der Waals surface area contributed by atoms with Crippen LogP contribution in [0.25, 0.3) is 5.76 Å². The van der Waals surface area contributed by atoms with Gasteiger partial charge in [0, 0.05) is 31.0 Å². The van der Waals surface area contributed by atoms with E-state index in [-0.39, 0.29) is 17.3 Å². The molecule has 3 aromatic rings. The molecule has 0 bridgehead atoms. The molecule has 0 spiro atoms. The SMILES string of the molecule is COc1ccc(/C(O)=C2\C(=O)C(=O)N(c3ccc(N(C)C)cc3)C2c2ccccc2C)cc1C(C)C. The second-order valence-corrected chi connectivity index (χ2v) is 9.55. The summed E-state index contributed by atoms with van der Waals surface area (Å²) in [5.74, 6) is -0.728.